The molecule has 8 heteroatoms. The van der Waals surface area contributed by atoms with E-state index in [2.05, 4.69) is 29.7 Å². The fourth-order valence-electron chi connectivity index (χ4n) is 2.47. The zero-order chi connectivity index (χ0) is 17.2. The normalized spacial score (nSPS) is 11.3. The second kappa shape index (κ2) is 6.37. The monoisotopic (exact) mass is 335 g/mol. The highest BCUT2D eigenvalue weighted by molar-refractivity contribution is 7.79. The van der Waals surface area contributed by atoms with Crippen LogP contribution in [0.25, 0.3) is 21.8 Å². The lowest BCUT2D eigenvalue weighted by molar-refractivity contribution is -0.641. The van der Waals surface area contributed by atoms with E-state index in [0.717, 1.165) is 29.0 Å². The van der Waals surface area contributed by atoms with Crippen molar-refractivity contribution < 1.29 is 22.1 Å². The fourth-order valence-corrected chi connectivity index (χ4v) is 2.47. The van der Waals surface area contributed by atoms with Gasteiger partial charge in [0.25, 0.3) is 0 Å². The first kappa shape index (κ1) is 16.9. The molecule has 7 nitrogen and oxygen atoms in total. The van der Waals surface area contributed by atoms with Gasteiger partial charge in [-0.2, -0.15) is 4.57 Å². The average molecular weight is 335 g/mol. The molecule has 2 aromatic carbocycles. The highest BCUT2D eigenvalue weighted by Gasteiger charge is 2.13. The van der Waals surface area contributed by atoms with Crippen molar-refractivity contribution in [2.45, 2.75) is 13.5 Å². The molecule has 23 heavy (non-hydrogen) atoms. The number of pyridine rings is 1. The molecule has 0 atom stereocenters. The second-order valence-corrected chi connectivity index (χ2v) is 5.81. The van der Waals surface area contributed by atoms with E-state index in [1.807, 2.05) is 24.3 Å². The van der Waals surface area contributed by atoms with E-state index < -0.39 is 10.4 Å². The molecule has 1 heterocycles. The van der Waals surface area contributed by atoms with Gasteiger partial charge in [-0.15, -0.1) is 0 Å². The molecular formula is C15H17N3O4S. The van der Waals surface area contributed by atoms with E-state index in [-0.39, 0.29) is 0 Å². The van der Waals surface area contributed by atoms with Crippen LogP contribution in [0.15, 0.2) is 42.5 Å². The molecule has 122 valence electrons. The van der Waals surface area contributed by atoms with Crippen molar-refractivity contribution in [3.05, 3.63) is 42.5 Å². The summed E-state index contributed by atoms with van der Waals surface area (Å²) in [6.45, 7) is 3.02. The molecule has 0 aliphatic carbocycles. The number of hydrogen-bond acceptors (Lipinski definition) is 5. The van der Waals surface area contributed by atoms with Crippen LogP contribution in [0.3, 0.4) is 0 Å². The van der Waals surface area contributed by atoms with Gasteiger partial charge in [-0.05, 0) is 37.3 Å². The van der Waals surface area contributed by atoms with E-state index in [0.29, 0.717) is 0 Å². The van der Waals surface area contributed by atoms with Gasteiger partial charge in [-0.3, -0.25) is 4.55 Å². The molecule has 0 saturated heterocycles. The number of rotatable bonds is 1. The van der Waals surface area contributed by atoms with Gasteiger partial charge < -0.3 is 16.0 Å². The maximum atomic E-state index is 8.63. The van der Waals surface area contributed by atoms with Crippen LogP contribution >= 0.6 is 0 Å². The largest absolute Gasteiger partial charge is 0.726 e. The predicted octanol–water partition coefficient (Wildman–Crippen LogP) is 1.47. The van der Waals surface area contributed by atoms with Gasteiger partial charge in [0.05, 0.1) is 0 Å². The Morgan fingerprint density at radius 2 is 1.39 bits per heavy atom. The minimum Gasteiger partial charge on any atom is -0.726 e. The molecule has 3 aromatic rings. The Morgan fingerprint density at radius 1 is 1.00 bits per heavy atom. The van der Waals surface area contributed by atoms with E-state index in [1.54, 1.807) is 0 Å². The number of nitrogens with zero attached hydrogens (tertiary/aromatic N) is 1. The lowest BCUT2D eigenvalue weighted by atomic mass is 10.1. The number of nitrogens with two attached hydrogens (primary N) is 2. The number of nitrogen functional groups attached to an aromatic ring is 2. The van der Waals surface area contributed by atoms with E-state index in [4.69, 9.17) is 29.0 Å². The van der Waals surface area contributed by atoms with Crippen LogP contribution in [-0.2, 0) is 16.9 Å². The van der Waals surface area contributed by atoms with Crippen molar-refractivity contribution in [3.8, 4) is 0 Å². The van der Waals surface area contributed by atoms with Gasteiger partial charge in [0, 0.05) is 34.3 Å². The standard InChI is InChI=1S/C15H15N3.H2O4S/c1-2-18-14-8-12(16)5-3-10(14)7-11-4-6-13(17)9-15(11)18;1-5(2,3)4/h3-9H,2H2,1H3,(H3,16,17);(H2,1,2,3,4). The van der Waals surface area contributed by atoms with Crippen molar-refractivity contribution in [1.82, 2.24) is 0 Å². The zero-order valence-corrected chi connectivity index (χ0v) is 13.2. The fraction of sp³-hybridized carbons (Fsp3) is 0.133. The van der Waals surface area contributed by atoms with Crippen LogP contribution < -0.4 is 16.0 Å². The molecule has 3 rings (SSSR count). The summed E-state index contributed by atoms with van der Waals surface area (Å²) < 4.78 is 35.1. The van der Waals surface area contributed by atoms with Crippen LogP contribution in [0.5, 0.6) is 0 Å². The molecule has 0 amide bonds. The molecule has 0 spiro atoms. The molecule has 0 saturated carbocycles. The average Bonchev–Trinajstić information content (AvgIpc) is 2.43. The summed E-state index contributed by atoms with van der Waals surface area (Å²) in [5.41, 5.74) is 15.6. The molecular weight excluding hydrogens is 318 g/mol. The van der Waals surface area contributed by atoms with Crippen molar-refractivity contribution in [3.63, 3.8) is 0 Å². The lowest BCUT2D eigenvalue weighted by Crippen LogP contribution is -2.34. The van der Waals surface area contributed by atoms with Crippen molar-refractivity contribution in [2.75, 3.05) is 11.5 Å². The van der Waals surface area contributed by atoms with Gasteiger partial charge >= 0.3 is 0 Å². The van der Waals surface area contributed by atoms with E-state index >= 15 is 0 Å². The topological polar surface area (TPSA) is 133 Å². The Hall–Kier alpha value is -2.42. The molecule has 1 aromatic heterocycles. The zero-order valence-electron chi connectivity index (χ0n) is 12.4. The molecule has 0 bridgehead atoms. The summed E-state index contributed by atoms with van der Waals surface area (Å²) in [6.07, 6.45) is 0. The third-order valence-electron chi connectivity index (χ3n) is 3.32. The van der Waals surface area contributed by atoms with Crippen molar-refractivity contribution in [1.29, 1.82) is 0 Å². The number of benzene rings is 2. The maximum absolute atomic E-state index is 8.63. The maximum Gasteiger partial charge on any atom is 0.215 e. The number of aryl methyl sites for hydroxylation is 1. The van der Waals surface area contributed by atoms with E-state index in [9.17, 15) is 0 Å². The van der Waals surface area contributed by atoms with Gasteiger partial charge in [0.2, 0.25) is 21.4 Å². The molecule has 0 radical (unpaired) electrons. The molecule has 0 unspecified atom stereocenters. The molecule has 5 N–H and O–H groups in total. The van der Waals surface area contributed by atoms with Crippen LogP contribution in [0.2, 0.25) is 0 Å². The Bertz CT molecular complexity index is 903. The molecule has 0 fully saturated rings. The van der Waals surface area contributed by atoms with Gasteiger partial charge in [0.1, 0.15) is 6.54 Å². The highest BCUT2D eigenvalue weighted by atomic mass is 32.3. The number of fused-ring (bicyclic) bond motifs is 2. The van der Waals surface area contributed by atoms with Crippen molar-refractivity contribution >= 4 is 43.6 Å². The van der Waals surface area contributed by atoms with Gasteiger partial charge in [-0.1, -0.05) is 0 Å². The summed E-state index contributed by atoms with van der Waals surface area (Å²) in [5.74, 6) is 0. The predicted molar refractivity (Wildman–Crippen MR) is 88.5 cm³/mol. The number of anilines is 2. The summed E-state index contributed by atoms with van der Waals surface area (Å²) in [7, 11) is -4.92. The second-order valence-electron chi connectivity index (χ2n) is 4.95. The summed E-state index contributed by atoms with van der Waals surface area (Å²) in [5, 5.41) is 2.40. The van der Waals surface area contributed by atoms with Crippen LogP contribution in [0, 0.1) is 0 Å². The third kappa shape index (κ3) is 4.28. The SMILES string of the molecule is CC[n+]1c2cc(N)ccc2cc2ccc(N)cc21.O=S(=O)([O-])O. The Labute approximate surface area is 133 Å². The van der Waals surface area contributed by atoms with Crippen molar-refractivity contribution in [2.24, 2.45) is 0 Å². The minimum atomic E-state index is -4.92. The van der Waals surface area contributed by atoms with Gasteiger partial charge in [0.15, 0.2) is 0 Å². The molecule has 0 aliphatic rings. The van der Waals surface area contributed by atoms with Gasteiger partial charge in [-0.25, -0.2) is 8.42 Å². The van der Waals surface area contributed by atoms with Crippen LogP contribution in [0.4, 0.5) is 11.4 Å². The number of aromatic nitrogens is 1. The first-order chi connectivity index (χ1) is 10.7. The number of hydrogen-bond donors (Lipinski definition) is 3. The lowest BCUT2D eigenvalue weighted by Gasteiger charge is -2.05. The quantitative estimate of drug-likeness (QED) is 0.203. The van der Waals surface area contributed by atoms with Crippen LogP contribution in [-0.4, -0.2) is 17.5 Å². The first-order valence-corrected chi connectivity index (χ1v) is 8.15. The van der Waals surface area contributed by atoms with Crippen LogP contribution in [0.1, 0.15) is 6.92 Å². The molecule has 0 aliphatic heterocycles. The first-order valence-electron chi connectivity index (χ1n) is 6.78. The third-order valence-corrected chi connectivity index (χ3v) is 3.32. The smallest absolute Gasteiger partial charge is 0.215 e. The minimum absolute atomic E-state index is 0.785. The Kier molecular flexibility index (Phi) is 4.69. The summed E-state index contributed by atoms with van der Waals surface area (Å²) in [6, 6.07) is 14.2. The van der Waals surface area contributed by atoms with E-state index in [1.165, 1.54) is 10.8 Å². The Morgan fingerprint density at radius 3 is 1.74 bits per heavy atom. The highest BCUT2D eigenvalue weighted by Crippen LogP contribution is 2.21. The summed E-state index contributed by atoms with van der Waals surface area (Å²) in [4.78, 5) is 0. The summed E-state index contributed by atoms with van der Waals surface area (Å²) >= 11 is 0. The Balaban J connectivity index is 0.000000338.